The molecule has 29 heavy (non-hydrogen) atoms. The van der Waals surface area contributed by atoms with Crippen molar-refractivity contribution in [2.45, 2.75) is 86.4 Å². The number of alkyl halides is 3. The Morgan fingerprint density at radius 3 is 1.97 bits per heavy atom. The molecule has 0 aliphatic heterocycles. The predicted octanol–water partition coefficient (Wildman–Crippen LogP) is 6.90. The molecule has 0 radical (unpaired) electrons. The van der Waals surface area contributed by atoms with Gasteiger partial charge in [-0.25, -0.2) is 8.42 Å². The minimum Gasteiger partial charge on any atom is -0.258 e. The van der Waals surface area contributed by atoms with E-state index >= 15 is 0 Å². The van der Waals surface area contributed by atoms with Gasteiger partial charge in [0.15, 0.2) is 9.84 Å². The Bertz CT molecular complexity index is 752. The normalized spacial score (nSPS) is 12.3. The highest BCUT2D eigenvalue weighted by Crippen LogP contribution is 2.39. The van der Waals surface area contributed by atoms with E-state index in [2.05, 4.69) is 6.92 Å². The summed E-state index contributed by atoms with van der Waals surface area (Å²) in [6.45, 7) is 2.17. The zero-order valence-electron chi connectivity index (χ0n) is 16.5. The van der Waals surface area contributed by atoms with Crippen LogP contribution in [-0.2, 0) is 9.84 Å². The Kier molecular flexibility index (Phi) is 11.0. The van der Waals surface area contributed by atoms with Crippen LogP contribution in [0.1, 0.15) is 71.1 Å². The highest BCUT2D eigenvalue weighted by Gasteiger charge is 2.32. The molecule has 10 heteroatoms. The molecule has 0 saturated carbocycles. The summed E-state index contributed by atoms with van der Waals surface area (Å²) in [4.78, 5) is 9.29. The number of benzene rings is 1. The molecule has 0 heterocycles. The van der Waals surface area contributed by atoms with E-state index in [4.69, 9.17) is 0 Å². The standard InChI is InChI=1S/C19H28F3NO4S2/c1-2-3-4-5-6-7-8-9-10-11-14-29(26,27)18-13-12-16(28-19(20,21)22)15-17(18)23(24)25/h12-13,15H,2-11,14H2,1H3. The van der Waals surface area contributed by atoms with Crippen molar-refractivity contribution in [3.8, 4) is 0 Å². The number of nitro groups is 1. The molecule has 0 amide bonds. The summed E-state index contributed by atoms with van der Waals surface area (Å²) in [6.07, 6.45) is 10.2. The molecule has 0 atom stereocenters. The lowest BCUT2D eigenvalue weighted by molar-refractivity contribution is -0.388. The van der Waals surface area contributed by atoms with Gasteiger partial charge >= 0.3 is 5.51 Å². The van der Waals surface area contributed by atoms with Crippen LogP contribution in [0.3, 0.4) is 0 Å². The van der Waals surface area contributed by atoms with Crippen molar-refractivity contribution < 1.29 is 26.5 Å². The third-order valence-corrected chi connectivity index (χ3v) is 7.02. The van der Waals surface area contributed by atoms with Gasteiger partial charge in [-0.2, -0.15) is 13.2 Å². The predicted molar refractivity (Wildman–Crippen MR) is 109 cm³/mol. The molecular weight excluding hydrogens is 427 g/mol. The molecule has 0 aromatic heterocycles. The van der Waals surface area contributed by atoms with Crippen LogP contribution in [0.4, 0.5) is 18.9 Å². The summed E-state index contributed by atoms with van der Waals surface area (Å²) in [5.74, 6) is -0.254. The molecule has 0 aliphatic carbocycles. The Hall–Kier alpha value is -1.29. The van der Waals surface area contributed by atoms with Gasteiger partial charge in [0.25, 0.3) is 5.69 Å². The van der Waals surface area contributed by atoms with Crippen LogP contribution in [0.15, 0.2) is 28.0 Å². The zero-order valence-corrected chi connectivity index (χ0v) is 18.2. The monoisotopic (exact) mass is 455 g/mol. The number of hydrogen-bond donors (Lipinski definition) is 0. The van der Waals surface area contributed by atoms with Gasteiger partial charge in [-0.05, 0) is 30.3 Å². The molecule has 0 fully saturated rings. The average Bonchev–Trinajstić information content (AvgIpc) is 2.61. The zero-order chi connectivity index (χ0) is 21.9. The number of unbranched alkanes of at least 4 members (excludes halogenated alkanes) is 9. The maximum Gasteiger partial charge on any atom is 0.446 e. The molecular formula is C19H28F3NO4S2. The van der Waals surface area contributed by atoms with Gasteiger partial charge < -0.3 is 0 Å². The lowest BCUT2D eigenvalue weighted by Crippen LogP contribution is -2.10. The molecule has 0 bridgehead atoms. The van der Waals surface area contributed by atoms with Crippen molar-refractivity contribution in [3.63, 3.8) is 0 Å². The fourth-order valence-electron chi connectivity index (χ4n) is 2.99. The van der Waals surface area contributed by atoms with Crippen LogP contribution >= 0.6 is 11.8 Å². The second-order valence-electron chi connectivity index (χ2n) is 6.94. The van der Waals surface area contributed by atoms with Crippen molar-refractivity contribution in [1.82, 2.24) is 0 Å². The molecule has 1 rings (SSSR count). The van der Waals surface area contributed by atoms with E-state index in [1.807, 2.05) is 0 Å². The topological polar surface area (TPSA) is 77.3 Å². The van der Waals surface area contributed by atoms with Crippen LogP contribution in [0.5, 0.6) is 0 Å². The lowest BCUT2D eigenvalue weighted by atomic mass is 10.1. The smallest absolute Gasteiger partial charge is 0.258 e. The number of halogens is 3. The van der Waals surface area contributed by atoms with Crippen LogP contribution in [0.25, 0.3) is 0 Å². The first-order chi connectivity index (χ1) is 13.6. The Morgan fingerprint density at radius 1 is 0.966 bits per heavy atom. The molecule has 0 unspecified atom stereocenters. The maximum absolute atomic E-state index is 12.5. The molecule has 0 spiro atoms. The van der Waals surface area contributed by atoms with Gasteiger partial charge in [-0.3, -0.25) is 10.1 Å². The van der Waals surface area contributed by atoms with Crippen molar-refractivity contribution in [2.24, 2.45) is 0 Å². The molecule has 1 aromatic rings. The second-order valence-corrected chi connectivity index (χ2v) is 10.2. The molecule has 0 N–H and O–H groups in total. The number of nitrogens with zero attached hydrogens (tertiary/aromatic N) is 1. The van der Waals surface area contributed by atoms with E-state index in [0.717, 1.165) is 31.4 Å². The van der Waals surface area contributed by atoms with Crippen molar-refractivity contribution in [2.75, 3.05) is 5.75 Å². The van der Waals surface area contributed by atoms with Crippen molar-refractivity contribution in [1.29, 1.82) is 0 Å². The van der Waals surface area contributed by atoms with Crippen LogP contribution in [0, 0.1) is 10.1 Å². The van der Waals surface area contributed by atoms with Gasteiger partial charge in [-0.1, -0.05) is 64.7 Å². The van der Waals surface area contributed by atoms with Crippen LogP contribution in [0.2, 0.25) is 0 Å². The Morgan fingerprint density at radius 2 is 1.48 bits per heavy atom. The quantitative estimate of drug-likeness (QED) is 0.132. The summed E-state index contributed by atoms with van der Waals surface area (Å²) in [5.41, 5.74) is -5.42. The lowest BCUT2D eigenvalue weighted by Gasteiger charge is -2.09. The van der Waals surface area contributed by atoms with Crippen molar-refractivity contribution >= 4 is 27.3 Å². The number of nitro benzene ring substituents is 1. The number of rotatable bonds is 14. The minimum atomic E-state index is -4.61. The van der Waals surface area contributed by atoms with Gasteiger partial charge in [0.2, 0.25) is 0 Å². The summed E-state index contributed by atoms with van der Waals surface area (Å²) in [5, 5.41) is 11.2. The van der Waals surface area contributed by atoms with Crippen LogP contribution in [-0.4, -0.2) is 24.6 Å². The maximum atomic E-state index is 12.5. The third-order valence-electron chi connectivity index (χ3n) is 4.46. The fraction of sp³-hybridized carbons (Fsp3) is 0.684. The SMILES string of the molecule is CCCCCCCCCCCCS(=O)(=O)c1ccc(SC(F)(F)F)cc1[N+](=O)[O-]. The van der Waals surface area contributed by atoms with E-state index in [0.29, 0.717) is 18.9 Å². The Labute approximate surface area is 174 Å². The molecule has 166 valence electrons. The van der Waals surface area contributed by atoms with E-state index in [-0.39, 0.29) is 5.75 Å². The molecule has 0 aliphatic rings. The molecule has 1 aromatic carbocycles. The van der Waals surface area contributed by atoms with Gasteiger partial charge in [0.05, 0.1) is 10.7 Å². The highest BCUT2D eigenvalue weighted by molar-refractivity contribution is 8.00. The Balaban J connectivity index is 2.56. The van der Waals surface area contributed by atoms with Gasteiger partial charge in [-0.15, -0.1) is 0 Å². The van der Waals surface area contributed by atoms with Crippen LogP contribution < -0.4 is 0 Å². The van der Waals surface area contributed by atoms with Gasteiger partial charge in [0.1, 0.15) is 4.90 Å². The van der Waals surface area contributed by atoms with Gasteiger partial charge in [0, 0.05) is 11.0 Å². The number of sulfone groups is 1. The first-order valence-corrected chi connectivity index (χ1v) is 12.3. The largest absolute Gasteiger partial charge is 0.446 e. The first-order valence-electron chi connectivity index (χ1n) is 9.84. The first kappa shape index (κ1) is 25.7. The van der Waals surface area contributed by atoms with Crippen molar-refractivity contribution in [3.05, 3.63) is 28.3 Å². The fourth-order valence-corrected chi connectivity index (χ4v) is 5.09. The minimum absolute atomic E-state index is 0.254. The number of thioether (sulfide) groups is 1. The molecule has 5 nitrogen and oxygen atoms in total. The van der Waals surface area contributed by atoms with E-state index in [9.17, 15) is 31.7 Å². The van der Waals surface area contributed by atoms with E-state index in [1.54, 1.807) is 0 Å². The summed E-state index contributed by atoms with van der Waals surface area (Å²) in [6, 6.07) is 2.53. The second kappa shape index (κ2) is 12.4. The van der Waals surface area contributed by atoms with E-state index < -0.39 is 47.5 Å². The summed E-state index contributed by atoms with van der Waals surface area (Å²) >= 11 is -0.513. The molecule has 0 saturated heterocycles. The van der Waals surface area contributed by atoms with E-state index in [1.165, 1.54) is 32.1 Å². The summed E-state index contributed by atoms with van der Waals surface area (Å²) in [7, 11) is -3.94. The number of hydrogen-bond acceptors (Lipinski definition) is 5. The summed E-state index contributed by atoms with van der Waals surface area (Å²) < 4.78 is 62.3. The average molecular weight is 456 g/mol. The third kappa shape index (κ3) is 10.3. The highest BCUT2D eigenvalue weighted by atomic mass is 32.2.